The monoisotopic (exact) mass is 133 g/mol. The van der Waals surface area contributed by atoms with E-state index in [-0.39, 0.29) is 7.19 Å². The first-order valence-corrected chi connectivity index (χ1v) is 2.79. The van der Waals surface area contributed by atoms with E-state index in [9.17, 15) is 4.79 Å². The van der Waals surface area contributed by atoms with Crippen LogP contribution in [0, 0.1) is 0 Å². The number of hydrogen-bond acceptors (Lipinski definition) is 2. The lowest BCUT2D eigenvalue weighted by atomic mass is 10.5. The van der Waals surface area contributed by atoms with Crippen LogP contribution >= 0.6 is 0 Å². The van der Waals surface area contributed by atoms with Gasteiger partial charge in [-0.1, -0.05) is 13.8 Å². The normalized spacial score (nSPS) is 9.44. The lowest BCUT2D eigenvalue weighted by Crippen LogP contribution is -2.06. The molecule has 0 radical (unpaired) electrons. The van der Waals surface area contributed by atoms with Crippen LogP contribution in [0.2, 0.25) is 0 Å². The van der Waals surface area contributed by atoms with E-state index in [0.717, 1.165) is 6.08 Å². The van der Waals surface area contributed by atoms with E-state index in [1.807, 2.05) is 13.8 Å². The number of carbonyl (C=O) groups excluding carboxylic acids is 1. The Kier molecular flexibility index (Phi) is 8.49. The molecule has 9 heavy (non-hydrogen) atoms. The third-order valence-electron chi connectivity index (χ3n) is 0.351. The summed E-state index contributed by atoms with van der Waals surface area (Å²) in [5, 5.41) is 8.28. The summed E-state index contributed by atoms with van der Waals surface area (Å²) >= 11 is 0. The molecule has 0 aliphatic carbocycles. The van der Waals surface area contributed by atoms with Crippen LogP contribution in [0.15, 0.2) is 11.8 Å². The van der Waals surface area contributed by atoms with Crippen molar-refractivity contribution in [3.8, 4) is 0 Å². The second-order valence-corrected chi connectivity index (χ2v) is 1.19. The maximum atomic E-state index is 9.80. The number of carbonyl (C=O) groups is 1. The molecular formula is C6H15NO2. The highest BCUT2D eigenvalue weighted by molar-refractivity contribution is 5.85. The van der Waals surface area contributed by atoms with E-state index in [0.29, 0.717) is 0 Å². The van der Waals surface area contributed by atoms with Gasteiger partial charge in [0.15, 0.2) is 0 Å². The van der Waals surface area contributed by atoms with E-state index in [2.05, 4.69) is 5.73 Å². The minimum absolute atomic E-state index is 0. The number of hydrogen-bond donors (Lipinski definition) is 2. The molecule has 0 heterocycles. The number of aliphatic hydroxyl groups excluding tert-OH is 1. The number of aliphatic hydroxyl groups is 1. The number of amides is 1. The smallest absolute Gasteiger partial charge is 0.244 e. The molecule has 0 unspecified atom stereocenters. The molecule has 0 saturated heterocycles. The molecule has 3 nitrogen and oxygen atoms in total. The first-order chi connectivity index (χ1) is 4.13. The Morgan fingerprint density at radius 1 is 1.67 bits per heavy atom. The van der Waals surface area contributed by atoms with Crippen molar-refractivity contribution in [2.75, 3.05) is 0 Å². The molecular weight excluding hydrogens is 118 g/mol. The predicted molar refractivity (Wildman–Crippen MR) is 39.0 cm³/mol. The van der Waals surface area contributed by atoms with Crippen LogP contribution in [0.25, 0.3) is 0 Å². The van der Waals surface area contributed by atoms with Crippen LogP contribution in [-0.4, -0.2) is 11.0 Å². The quantitative estimate of drug-likeness (QED) is 0.417. The molecule has 0 bridgehead atoms. The Balaban J connectivity index is -0.000000149. The summed E-state index contributed by atoms with van der Waals surface area (Å²) in [5.41, 5.74) is 4.62. The fourth-order valence-corrected chi connectivity index (χ4v) is 0.206. The summed E-state index contributed by atoms with van der Waals surface area (Å²) in [6.45, 7) is 5.38. The van der Waals surface area contributed by atoms with Crippen molar-refractivity contribution in [2.24, 2.45) is 5.73 Å². The molecule has 0 rings (SSSR count). The summed E-state index contributed by atoms with van der Waals surface area (Å²) in [5.74, 6) is -0.687. The largest absolute Gasteiger partial charge is 0.512 e. The molecule has 56 valence electrons. The maximum Gasteiger partial charge on any atom is 0.244 e. The molecule has 0 aromatic rings. The first kappa shape index (κ1) is 10.9. The highest BCUT2D eigenvalue weighted by Gasteiger charge is 1.83. The average Bonchev–Trinajstić information content (AvgIpc) is 1.68. The molecule has 0 aromatic carbocycles. The van der Waals surface area contributed by atoms with Crippen molar-refractivity contribution in [1.82, 2.24) is 0 Å². The van der Waals surface area contributed by atoms with E-state index in [1.54, 1.807) is 0 Å². The molecule has 1 amide bonds. The Bertz CT molecular complexity index is 108. The zero-order chi connectivity index (χ0) is 7.86. The van der Waals surface area contributed by atoms with Gasteiger partial charge in [-0.25, -0.2) is 0 Å². The fourth-order valence-electron chi connectivity index (χ4n) is 0.206. The summed E-state index contributed by atoms with van der Waals surface area (Å²) in [6.07, 6.45) is 0.944. The van der Waals surface area contributed by atoms with Crippen molar-refractivity contribution >= 4 is 5.91 Å². The lowest BCUT2D eigenvalue weighted by molar-refractivity contribution is -0.113. The minimum Gasteiger partial charge on any atom is -0.512 e. The van der Waals surface area contributed by atoms with Crippen molar-refractivity contribution in [2.45, 2.75) is 20.8 Å². The molecule has 0 aromatic heterocycles. The van der Waals surface area contributed by atoms with Crippen LogP contribution in [-0.2, 0) is 4.79 Å². The van der Waals surface area contributed by atoms with Gasteiger partial charge in [0.05, 0.1) is 5.76 Å². The zero-order valence-corrected chi connectivity index (χ0v) is 6.01. The summed E-state index contributed by atoms with van der Waals surface area (Å²) in [4.78, 5) is 9.80. The van der Waals surface area contributed by atoms with Gasteiger partial charge in [-0.15, -0.1) is 0 Å². The second-order valence-electron chi connectivity index (χ2n) is 1.19. The lowest BCUT2D eigenvalue weighted by Gasteiger charge is -1.80. The number of nitrogens with two attached hydrogens (primary N) is 1. The highest BCUT2D eigenvalue weighted by Crippen LogP contribution is 1.79. The van der Waals surface area contributed by atoms with Crippen molar-refractivity contribution in [3.63, 3.8) is 0 Å². The highest BCUT2D eigenvalue weighted by atomic mass is 16.3. The summed E-state index contributed by atoms with van der Waals surface area (Å²) in [6, 6.07) is 0. The van der Waals surface area contributed by atoms with Crippen LogP contribution in [0.4, 0.5) is 0 Å². The Morgan fingerprint density at radius 3 is 2.00 bits per heavy atom. The van der Waals surface area contributed by atoms with Gasteiger partial charge in [0, 0.05) is 7.50 Å². The minimum atomic E-state index is -0.625. The topological polar surface area (TPSA) is 63.3 Å². The van der Waals surface area contributed by atoms with Gasteiger partial charge in [0.25, 0.3) is 0 Å². The van der Waals surface area contributed by atoms with Gasteiger partial charge < -0.3 is 10.8 Å². The second kappa shape index (κ2) is 7.01. The van der Waals surface area contributed by atoms with Gasteiger partial charge in [-0.2, -0.15) is 0 Å². The van der Waals surface area contributed by atoms with Crippen LogP contribution in [0.5, 0.6) is 0 Å². The standard InChI is InChI=1S/C4H7NO2.C2H6.H2/c1-3(6)2-4(5)7;1-2;/h2,6H,1H3,(H2,5,7);1-2H3;1H/b3-2-;;. The van der Waals surface area contributed by atoms with Crippen LogP contribution in [0.1, 0.15) is 22.2 Å². The molecule has 0 atom stereocenters. The van der Waals surface area contributed by atoms with Crippen molar-refractivity contribution in [1.29, 1.82) is 0 Å². The summed E-state index contributed by atoms with van der Waals surface area (Å²) < 4.78 is 0. The average molecular weight is 133 g/mol. The Labute approximate surface area is 56.7 Å². The molecule has 0 aliphatic rings. The fraction of sp³-hybridized carbons (Fsp3) is 0.500. The summed E-state index contributed by atoms with van der Waals surface area (Å²) in [7, 11) is 0. The molecule has 0 saturated carbocycles. The molecule has 3 N–H and O–H groups in total. The van der Waals surface area contributed by atoms with Crippen LogP contribution < -0.4 is 5.73 Å². The van der Waals surface area contributed by atoms with Gasteiger partial charge >= 0.3 is 0 Å². The van der Waals surface area contributed by atoms with E-state index < -0.39 is 5.91 Å². The third kappa shape index (κ3) is 19.4. The predicted octanol–water partition coefficient (Wildman–Crippen LogP) is 1.21. The van der Waals surface area contributed by atoms with Gasteiger partial charge in [0.2, 0.25) is 5.91 Å². The maximum absolute atomic E-state index is 9.80. The number of allylic oxidation sites excluding steroid dienone is 1. The van der Waals surface area contributed by atoms with Crippen LogP contribution in [0.3, 0.4) is 0 Å². The Hall–Kier alpha value is -0.990. The van der Waals surface area contributed by atoms with E-state index >= 15 is 0 Å². The zero-order valence-electron chi connectivity index (χ0n) is 6.01. The first-order valence-electron chi connectivity index (χ1n) is 2.79. The molecule has 0 aliphatic heterocycles. The SMILES string of the molecule is C/C(O)=C/C(N)=O.CC.[HH]. The van der Waals surface area contributed by atoms with E-state index in [1.165, 1.54) is 6.92 Å². The molecule has 0 spiro atoms. The number of primary amides is 1. The van der Waals surface area contributed by atoms with Gasteiger partial charge in [-0.3, -0.25) is 4.79 Å². The van der Waals surface area contributed by atoms with Crippen molar-refractivity contribution < 1.29 is 11.3 Å². The third-order valence-corrected chi connectivity index (χ3v) is 0.351. The van der Waals surface area contributed by atoms with Gasteiger partial charge in [0.1, 0.15) is 0 Å². The van der Waals surface area contributed by atoms with E-state index in [4.69, 9.17) is 5.11 Å². The molecule has 0 fully saturated rings. The van der Waals surface area contributed by atoms with Crippen molar-refractivity contribution in [3.05, 3.63) is 11.8 Å². The number of rotatable bonds is 1. The molecule has 3 heteroatoms. The Morgan fingerprint density at radius 2 is 2.00 bits per heavy atom. The van der Waals surface area contributed by atoms with Gasteiger partial charge in [-0.05, 0) is 6.92 Å².